The molecule has 1 heteroatoms. The molecule has 68 valence electrons. The Bertz CT molecular complexity index is 97.0. The highest BCUT2D eigenvalue weighted by Crippen LogP contribution is 2.23. The van der Waals surface area contributed by atoms with Crippen molar-refractivity contribution in [1.29, 1.82) is 0 Å². The van der Waals surface area contributed by atoms with Gasteiger partial charge in [-0.2, -0.15) is 0 Å². The normalized spacial score (nSPS) is 19.4. The van der Waals surface area contributed by atoms with E-state index in [1.807, 2.05) is 0 Å². The molecule has 0 fully saturated rings. The quantitative estimate of drug-likeness (QED) is 0.652. The maximum atomic E-state index is 6.16. The van der Waals surface area contributed by atoms with Gasteiger partial charge in [0.1, 0.15) is 0 Å². The highest BCUT2D eigenvalue weighted by atomic mass is 14.7. The van der Waals surface area contributed by atoms with E-state index in [-0.39, 0.29) is 5.54 Å². The van der Waals surface area contributed by atoms with E-state index >= 15 is 0 Å². The second-order valence-corrected chi connectivity index (χ2v) is 3.95. The molecule has 0 aliphatic rings. The fraction of sp³-hybridized carbons (Fsp3) is 1.00. The Labute approximate surface area is 71.4 Å². The van der Waals surface area contributed by atoms with Crippen LogP contribution in [0.1, 0.15) is 53.4 Å². The van der Waals surface area contributed by atoms with Gasteiger partial charge in [-0.3, -0.25) is 0 Å². The molecule has 1 nitrogen and oxygen atoms in total. The molecule has 0 heterocycles. The van der Waals surface area contributed by atoms with Crippen molar-refractivity contribution < 1.29 is 0 Å². The van der Waals surface area contributed by atoms with Crippen LogP contribution in [0.15, 0.2) is 0 Å². The van der Waals surface area contributed by atoms with Crippen LogP contribution in [0.2, 0.25) is 0 Å². The van der Waals surface area contributed by atoms with Crippen molar-refractivity contribution in [3.8, 4) is 0 Å². The van der Waals surface area contributed by atoms with Gasteiger partial charge in [-0.05, 0) is 25.7 Å². The average molecular weight is 157 g/mol. The zero-order valence-corrected chi connectivity index (χ0v) is 8.48. The predicted octanol–water partition coefficient (Wildman–Crippen LogP) is 2.94. The van der Waals surface area contributed by atoms with Crippen LogP contribution in [0.4, 0.5) is 0 Å². The van der Waals surface area contributed by atoms with Crippen molar-refractivity contribution in [2.24, 2.45) is 11.7 Å². The third-order valence-corrected chi connectivity index (χ3v) is 2.64. The molecule has 0 rings (SSSR count). The van der Waals surface area contributed by atoms with Crippen LogP contribution in [-0.2, 0) is 0 Å². The third kappa shape index (κ3) is 3.76. The van der Waals surface area contributed by atoms with E-state index in [9.17, 15) is 0 Å². The number of rotatable bonds is 5. The van der Waals surface area contributed by atoms with E-state index in [1.54, 1.807) is 0 Å². The number of nitrogens with two attached hydrogens (primary N) is 1. The first-order valence-electron chi connectivity index (χ1n) is 4.83. The highest BCUT2D eigenvalue weighted by molar-refractivity contribution is 4.83. The molecule has 0 spiro atoms. The second-order valence-electron chi connectivity index (χ2n) is 3.95. The van der Waals surface area contributed by atoms with Gasteiger partial charge in [-0.1, -0.05) is 33.6 Å². The Morgan fingerprint density at radius 3 is 2.18 bits per heavy atom. The fourth-order valence-corrected chi connectivity index (χ4v) is 1.55. The van der Waals surface area contributed by atoms with Gasteiger partial charge in [0.15, 0.2) is 0 Å². The predicted molar refractivity (Wildman–Crippen MR) is 51.6 cm³/mol. The highest BCUT2D eigenvalue weighted by Gasteiger charge is 2.23. The molecule has 2 N–H and O–H groups in total. The van der Waals surface area contributed by atoms with Crippen molar-refractivity contribution in [2.45, 2.75) is 58.9 Å². The minimum absolute atomic E-state index is 0.0603. The summed E-state index contributed by atoms with van der Waals surface area (Å²) in [5.41, 5.74) is 6.22. The number of hydrogen-bond acceptors (Lipinski definition) is 1. The lowest BCUT2D eigenvalue weighted by atomic mass is 9.81. The molecular formula is C10H23N. The molecule has 0 aliphatic carbocycles. The zero-order chi connectivity index (χ0) is 8.91. The van der Waals surface area contributed by atoms with Gasteiger partial charge in [0, 0.05) is 5.54 Å². The first-order valence-corrected chi connectivity index (χ1v) is 4.83. The van der Waals surface area contributed by atoms with Crippen LogP contribution in [0.25, 0.3) is 0 Å². The van der Waals surface area contributed by atoms with E-state index in [4.69, 9.17) is 5.73 Å². The van der Waals surface area contributed by atoms with Gasteiger partial charge in [-0.25, -0.2) is 0 Å². The molecule has 0 aromatic rings. The van der Waals surface area contributed by atoms with Crippen molar-refractivity contribution >= 4 is 0 Å². The molecule has 2 unspecified atom stereocenters. The summed E-state index contributed by atoms with van der Waals surface area (Å²) >= 11 is 0. The monoisotopic (exact) mass is 157 g/mol. The Morgan fingerprint density at radius 2 is 1.82 bits per heavy atom. The minimum atomic E-state index is 0.0603. The van der Waals surface area contributed by atoms with Crippen LogP contribution < -0.4 is 5.73 Å². The molecule has 11 heavy (non-hydrogen) atoms. The van der Waals surface area contributed by atoms with Crippen LogP contribution >= 0.6 is 0 Å². The minimum Gasteiger partial charge on any atom is -0.325 e. The molecule has 0 saturated heterocycles. The number of hydrogen-bond donors (Lipinski definition) is 1. The topological polar surface area (TPSA) is 26.0 Å². The summed E-state index contributed by atoms with van der Waals surface area (Å²) in [6.45, 7) is 8.86. The summed E-state index contributed by atoms with van der Waals surface area (Å²) in [6, 6.07) is 0. The second kappa shape index (κ2) is 4.76. The van der Waals surface area contributed by atoms with E-state index in [2.05, 4.69) is 27.7 Å². The summed E-state index contributed by atoms with van der Waals surface area (Å²) in [5, 5.41) is 0. The molecule has 0 saturated carbocycles. The summed E-state index contributed by atoms with van der Waals surface area (Å²) in [6.07, 6.45) is 4.85. The summed E-state index contributed by atoms with van der Waals surface area (Å²) in [4.78, 5) is 0. The standard InChI is InChI=1S/C10H23N/c1-5-7-9(3)10(4,11)8-6-2/h9H,5-8,11H2,1-4H3. The lowest BCUT2D eigenvalue weighted by Gasteiger charge is -2.31. The molecule has 2 atom stereocenters. The summed E-state index contributed by atoms with van der Waals surface area (Å²) < 4.78 is 0. The van der Waals surface area contributed by atoms with Gasteiger partial charge in [0.25, 0.3) is 0 Å². The van der Waals surface area contributed by atoms with Crippen molar-refractivity contribution in [3.05, 3.63) is 0 Å². The first kappa shape index (κ1) is 11.0. The zero-order valence-electron chi connectivity index (χ0n) is 8.48. The maximum absolute atomic E-state index is 6.16. The maximum Gasteiger partial charge on any atom is 0.0151 e. The Morgan fingerprint density at radius 1 is 1.27 bits per heavy atom. The smallest absolute Gasteiger partial charge is 0.0151 e. The molecule has 0 aromatic carbocycles. The van der Waals surface area contributed by atoms with E-state index in [0.29, 0.717) is 5.92 Å². The SMILES string of the molecule is CCCC(C)C(C)(N)CCC. The van der Waals surface area contributed by atoms with Crippen molar-refractivity contribution in [3.63, 3.8) is 0 Å². The van der Waals surface area contributed by atoms with E-state index in [0.717, 1.165) is 6.42 Å². The average Bonchev–Trinajstić information content (AvgIpc) is 1.88. The van der Waals surface area contributed by atoms with E-state index in [1.165, 1.54) is 19.3 Å². The fourth-order valence-electron chi connectivity index (χ4n) is 1.55. The Kier molecular flexibility index (Phi) is 4.74. The van der Waals surface area contributed by atoms with Crippen molar-refractivity contribution in [1.82, 2.24) is 0 Å². The summed E-state index contributed by atoms with van der Waals surface area (Å²) in [5.74, 6) is 0.660. The molecule has 0 radical (unpaired) electrons. The largest absolute Gasteiger partial charge is 0.325 e. The van der Waals surface area contributed by atoms with Gasteiger partial charge in [0.2, 0.25) is 0 Å². The van der Waals surface area contributed by atoms with Gasteiger partial charge < -0.3 is 5.73 Å². The lowest BCUT2D eigenvalue weighted by Crippen LogP contribution is -2.42. The van der Waals surface area contributed by atoms with Crippen LogP contribution in [0, 0.1) is 5.92 Å². The molecular weight excluding hydrogens is 134 g/mol. The summed E-state index contributed by atoms with van der Waals surface area (Å²) in [7, 11) is 0. The van der Waals surface area contributed by atoms with Gasteiger partial charge in [-0.15, -0.1) is 0 Å². The van der Waals surface area contributed by atoms with E-state index < -0.39 is 0 Å². The van der Waals surface area contributed by atoms with Crippen LogP contribution in [0.5, 0.6) is 0 Å². The Balaban J connectivity index is 3.83. The third-order valence-electron chi connectivity index (χ3n) is 2.64. The van der Waals surface area contributed by atoms with Crippen LogP contribution in [-0.4, -0.2) is 5.54 Å². The first-order chi connectivity index (χ1) is 5.04. The van der Waals surface area contributed by atoms with Gasteiger partial charge in [0.05, 0.1) is 0 Å². The molecule has 0 aromatic heterocycles. The van der Waals surface area contributed by atoms with Crippen LogP contribution in [0.3, 0.4) is 0 Å². The van der Waals surface area contributed by atoms with Crippen molar-refractivity contribution in [2.75, 3.05) is 0 Å². The molecule has 0 aliphatic heterocycles. The van der Waals surface area contributed by atoms with Gasteiger partial charge >= 0.3 is 0 Å². The molecule has 0 amide bonds. The molecule has 0 bridgehead atoms. The Hall–Kier alpha value is -0.0400. The lowest BCUT2D eigenvalue weighted by molar-refractivity contribution is 0.277.